The third-order valence-corrected chi connectivity index (χ3v) is 3.97. The SMILES string of the molecule is CC1Cc2ccccc2N(CCNc2cccc(F)c2)C1. The van der Waals surface area contributed by atoms with Crippen LogP contribution in [0.3, 0.4) is 0 Å². The first-order chi connectivity index (χ1) is 10.2. The van der Waals surface area contributed by atoms with E-state index in [2.05, 4.69) is 41.4 Å². The molecule has 1 aliphatic rings. The second-order valence-electron chi connectivity index (χ2n) is 5.82. The van der Waals surface area contributed by atoms with Gasteiger partial charge in [-0.15, -0.1) is 0 Å². The minimum Gasteiger partial charge on any atom is -0.383 e. The van der Waals surface area contributed by atoms with Gasteiger partial charge < -0.3 is 10.2 Å². The van der Waals surface area contributed by atoms with E-state index in [9.17, 15) is 4.39 Å². The number of fused-ring (bicyclic) bond motifs is 1. The minimum atomic E-state index is -0.197. The number of para-hydroxylation sites is 1. The van der Waals surface area contributed by atoms with Crippen molar-refractivity contribution in [2.24, 2.45) is 5.92 Å². The van der Waals surface area contributed by atoms with Crippen LogP contribution in [0.15, 0.2) is 48.5 Å². The Bertz CT molecular complexity index is 612. The van der Waals surface area contributed by atoms with Crippen LogP contribution in [0.25, 0.3) is 0 Å². The van der Waals surface area contributed by atoms with Crippen LogP contribution in [0.5, 0.6) is 0 Å². The lowest BCUT2D eigenvalue weighted by Crippen LogP contribution is -2.37. The molecule has 3 heteroatoms. The van der Waals surface area contributed by atoms with E-state index >= 15 is 0 Å². The lowest BCUT2D eigenvalue weighted by molar-refractivity contribution is 0.535. The number of nitrogens with zero attached hydrogens (tertiary/aromatic N) is 1. The molecule has 3 rings (SSSR count). The average Bonchev–Trinajstić information content (AvgIpc) is 2.47. The van der Waals surface area contributed by atoms with Gasteiger partial charge >= 0.3 is 0 Å². The average molecular weight is 284 g/mol. The zero-order chi connectivity index (χ0) is 14.7. The molecule has 1 unspecified atom stereocenters. The molecule has 0 amide bonds. The van der Waals surface area contributed by atoms with Crippen LogP contribution >= 0.6 is 0 Å². The van der Waals surface area contributed by atoms with Gasteiger partial charge in [0.25, 0.3) is 0 Å². The summed E-state index contributed by atoms with van der Waals surface area (Å²) in [4.78, 5) is 2.43. The Labute approximate surface area is 125 Å². The zero-order valence-electron chi connectivity index (χ0n) is 12.3. The molecule has 110 valence electrons. The van der Waals surface area contributed by atoms with E-state index < -0.39 is 0 Å². The van der Waals surface area contributed by atoms with Crippen LogP contribution in [-0.4, -0.2) is 19.6 Å². The third-order valence-electron chi connectivity index (χ3n) is 3.97. The molecule has 2 aromatic carbocycles. The molecule has 0 spiro atoms. The number of hydrogen-bond donors (Lipinski definition) is 1. The van der Waals surface area contributed by atoms with Crippen molar-refractivity contribution in [1.82, 2.24) is 0 Å². The lowest BCUT2D eigenvalue weighted by Gasteiger charge is -2.35. The minimum absolute atomic E-state index is 0.197. The zero-order valence-corrected chi connectivity index (χ0v) is 12.3. The summed E-state index contributed by atoms with van der Waals surface area (Å²) in [5.41, 5.74) is 3.62. The van der Waals surface area contributed by atoms with Crippen LogP contribution in [0.4, 0.5) is 15.8 Å². The van der Waals surface area contributed by atoms with Crippen LogP contribution in [0, 0.1) is 11.7 Å². The van der Waals surface area contributed by atoms with Crippen molar-refractivity contribution in [1.29, 1.82) is 0 Å². The van der Waals surface area contributed by atoms with E-state index in [0.29, 0.717) is 5.92 Å². The normalized spacial score (nSPS) is 17.4. The summed E-state index contributed by atoms with van der Waals surface area (Å²) in [7, 11) is 0. The highest BCUT2D eigenvalue weighted by atomic mass is 19.1. The number of nitrogens with one attached hydrogen (secondary N) is 1. The number of hydrogen-bond acceptors (Lipinski definition) is 2. The van der Waals surface area contributed by atoms with Gasteiger partial charge in [-0.05, 0) is 42.2 Å². The Kier molecular flexibility index (Phi) is 4.09. The van der Waals surface area contributed by atoms with Crippen molar-refractivity contribution in [3.63, 3.8) is 0 Å². The molecule has 1 atom stereocenters. The maximum Gasteiger partial charge on any atom is 0.125 e. The van der Waals surface area contributed by atoms with Crippen LogP contribution in [0.1, 0.15) is 12.5 Å². The van der Waals surface area contributed by atoms with Gasteiger partial charge in [0.05, 0.1) is 0 Å². The Morgan fingerprint density at radius 1 is 1.19 bits per heavy atom. The highest BCUT2D eigenvalue weighted by molar-refractivity contribution is 5.56. The fourth-order valence-electron chi connectivity index (χ4n) is 3.05. The maximum atomic E-state index is 13.1. The maximum absolute atomic E-state index is 13.1. The second-order valence-corrected chi connectivity index (χ2v) is 5.82. The fraction of sp³-hybridized carbons (Fsp3) is 0.333. The van der Waals surface area contributed by atoms with Gasteiger partial charge in [0.1, 0.15) is 5.82 Å². The molecular formula is C18H21FN2. The summed E-state index contributed by atoms with van der Waals surface area (Å²) < 4.78 is 13.1. The van der Waals surface area contributed by atoms with Gasteiger partial charge in [-0.25, -0.2) is 4.39 Å². The summed E-state index contributed by atoms with van der Waals surface area (Å²) in [5.74, 6) is 0.478. The van der Waals surface area contributed by atoms with Gasteiger partial charge in [0.15, 0.2) is 0 Å². The molecule has 0 saturated heterocycles. The highest BCUT2D eigenvalue weighted by Gasteiger charge is 2.20. The van der Waals surface area contributed by atoms with E-state index in [1.807, 2.05) is 6.07 Å². The molecule has 1 aliphatic heterocycles. The molecule has 0 radical (unpaired) electrons. The molecule has 0 fully saturated rings. The van der Waals surface area contributed by atoms with Crippen molar-refractivity contribution in [3.05, 3.63) is 59.9 Å². The van der Waals surface area contributed by atoms with E-state index in [-0.39, 0.29) is 5.82 Å². The van der Waals surface area contributed by atoms with Gasteiger partial charge in [-0.2, -0.15) is 0 Å². The van der Waals surface area contributed by atoms with Crippen molar-refractivity contribution in [3.8, 4) is 0 Å². The molecule has 0 bridgehead atoms. The van der Waals surface area contributed by atoms with E-state index in [4.69, 9.17) is 0 Å². The second kappa shape index (κ2) is 6.17. The first-order valence-electron chi connectivity index (χ1n) is 7.54. The molecule has 0 aliphatic carbocycles. The third kappa shape index (κ3) is 3.35. The smallest absolute Gasteiger partial charge is 0.125 e. The quantitative estimate of drug-likeness (QED) is 0.915. The monoisotopic (exact) mass is 284 g/mol. The summed E-state index contributed by atoms with van der Waals surface area (Å²) in [6.07, 6.45) is 1.16. The predicted molar refractivity (Wildman–Crippen MR) is 86.4 cm³/mol. The number of anilines is 2. The molecule has 0 aromatic heterocycles. The molecule has 1 N–H and O–H groups in total. The largest absolute Gasteiger partial charge is 0.383 e. The van der Waals surface area contributed by atoms with Crippen LogP contribution in [0.2, 0.25) is 0 Å². The van der Waals surface area contributed by atoms with E-state index in [1.165, 1.54) is 23.4 Å². The van der Waals surface area contributed by atoms with Gasteiger partial charge in [-0.1, -0.05) is 31.2 Å². The Morgan fingerprint density at radius 3 is 2.90 bits per heavy atom. The summed E-state index contributed by atoms with van der Waals surface area (Å²) >= 11 is 0. The summed E-state index contributed by atoms with van der Waals surface area (Å²) in [6, 6.07) is 15.3. The van der Waals surface area contributed by atoms with Crippen molar-refractivity contribution >= 4 is 11.4 Å². The first kappa shape index (κ1) is 13.9. The van der Waals surface area contributed by atoms with Crippen molar-refractivity contribution in [2.45, 2.75) is 13.3 Å². The van der Waals surface area contributed by atoms with Crippen molar-refractivity contribution in [2.75, 3.05) is 29.9 Å². The van der Waals surface area contributed by atoms with Gasteiger partial charge in [0.2, 0.25) is 0 Å². The topological polar surface area (TPSA) is 15.3 Å². The number of halogens is 1. The molecular weight excluding hydrogens is 263 g/mol. The van der Waals surface area contributed by atoms with Gasteiger partial charge in [0, 0.05) is 31.0 Å². The molecule has 21 heavy (non-hydrogen) atoms. The van der Waals surface area contributed by atoms with Crippen LogP contribution in [-0.2, 0) is 6.42 Å². The standard InChI is InChI=1S/C18H21FN2/c1-14-11-15-5-2-3-8-18(15)21(13-14)10-9-20-17-7-4-6-16(19)12-17/h2-8,12,14,20H,9-11,13H2,1H3. The van der Waals surface area contributed by atoms with Crippen LogP contribution < -0.4 is 10.2 Å². The summed E-state index contributed by atoms with van der Waals surface area (Å²) in [5, 5.41) is 3.30. The highest BCUT2D eigenvalue weighted by Crippen LogP contribution is 2.28. The molecule has 0 saturated carbocycles. The Balaban J connectivity index is 1.63. The predicted octanol–water partition coefficient (Wildman–Crippen LogP) is 3.94. The van der Waals surface area contributed by atoms with E-state index in [0.717, 1.165) is 31.7 Å². The fourth-order valence-corrected chi connectivity index (χ4v) is 3.05. The lowest BCUT2D eigenvalue weighted by atomic mass is 9.94. The number of rotatable bonds is 4. The molecule has 1 heterocycles. The van der Waals surface area contributed by atoms with Crippen molar-refractivity contribution < 1.29 is 4.39 Å². The van der Waals surface area contributed by atoms with E-state index in [1.54, 1.807) is 6.07 Å². The molecule has 2 nitrogen and oxygen atoms in total. The summed E-state index contributed by atoms with van der Waals surface area (Å²) in [6.45, 7) is 5.12. The Morgan fingerprint density at radius 2 is 2.05 bits per heavy atom. The first-order valence-corrected chi connectivity index (χ1v) is 7.54. The number of benzene rings is 2. The van der Waals surface area contributed by atoms with Gasteiger partial charge in [-0.3, -0.25) is 0 Å². The molecule has 2 aromatic rings. The Hall–Kier alpha value is -2.03.